The first kappa shape index (κ1) is 14.9. The quantitative estimate of drug-likeness (QED) is 0.712. The summed E-state index contributed by atoms with van der Waals surface area (Å²) in [5.74, 6) is 1.49. The van der Waals surface area contributed by atoms with Crippen LogP contribution >= 0.6 is 0 Å². The monoisotopic (exact) mass is 291 g/mol. The van der Waals surface area contributed by atoms with Crippen molar-refractivity contribution in [3.63, 3.8) is 0 Å². The zero-order valence-corrected chi connectivity index (χ0v) is 11.8. The number of nitrogens with zero attached hydrogens (tertiary/aromatic N) is 1. The molecule has 0 radical (unpaired) electrons. The van der Waals surface area contributed by atoms with Crippen LogP contribution in [0.4, 0.5) is 0 Å². The Labute approximate surface area is 122 Å². The molecule has 0 saturated heterocycles. The van der Waals surface area contributed by atoms with Crippen molar-refractivity contribution in [1.82, 2.24) is 10.6 Å². The Kier molecular flexibility index (Phi) is 5.23. The van der Waals surface area contributed by atoms with Crippen molar-refractivity contribution in [2.75, 3.05) is 26.5 Å². The van der Waals surface area contributed by atoms with Gasteiger partial charge < -0.3 is 24.8 Å². The Morgan fingerprint density at radius 2 is 2.19 bits per heavy atom. The van der Waals surface area contributed by atoms with Crippen molar-refractivity contribution in [2.45, 2.75) is 13.5 Å². The number of fused-ring (bicyclic) bond motifs is 1. The molecule has 0 bridgehead atoms. The molecule has 0 spiro atoms. The standard InChI is InChI=1S/C14H17N3O4/c1-2-16-7-10-5-12-13(21-9-20-12)6-11(10)19-8-14(18)17-4-3-15/h5-6,16H,2,4,7-9H2,1H3,(H,17,18). The molecule has 1 aliphatic heterocycles. The van der Waals surface area contributed by atoms with E-state index in [1.54, 1.807) is 6.07 Å². The third kappa shape index (κ3) is 4.00. The maximum atomic E-state index is 11.5. The number of nitrogens with one attached hydrogen (secondary N) is 2. The minimum atomic E-state index is -0.344. The molecule has 1 amide bonds. The van der Waals surface area contributed by atoms with Crippen molar-refractivity contribution >= 4 is 5.91 Å². The number of benzene rings is 1. The Morgan fingerprint density at radius 3 is 2.90 bits per heavy atom. The number of amides is 1. The molecule has 1 heterocycles. The average molecular weight is 291 g/mol. The summed E-state index contributed by atoms with van der Waals surface area (Å²) in [6.45, 7) is 3.41. The van der Waals surface area contributed by atoms with Crippen LogP contribution in [0.15, 0.2) is 12.1 Å². The number of rotatable bonds is 7. The van der Waals surface area contributed by atoms with Crippen LogP contribution in [0, 0.1) is 11.3 Å². The predicted octanol–water partition coefficient (Wildman–Crippen LogP) is 0.543. The Balaban J connectivity index is 2.06. The summed E-state index contributed by atoms with van der Waals surface area (Å²) in [6, 6.07) is 5.39. The summed E-state index contributed by atoms with van der Waals surface area (Å²) in [4.78, 5) is 11.5. The molecule has 0 fully saturated rings. The molecule has 2 N–H and O–H groups in total. The van der Waals surface area contributed by atoms with E-state index in [9.17, 15) is 4.79 Å². The maximum absolute atomic E-state index is 11.5. The first-order valence-corrected chi connectivity index (χ1v) is 6.64. The van der Waals surface area contributed by atoms with Crippen LogP contribution in [0.5, 0.6) is 17.2 Å². The highest BCUT2D eigenvalue weighted by atomic mass is 16.7. The van der Waals surface area contributed by atoms with Crippen LogP contribution in [0.2, 0.25) is 0 Å². The molecule has 7 heteroatoms. The lowest BCUT2D eigenvalue weighted by atomic mass is 10.1. The minimum absolute atomic E-state index is 0.0341. The summed E-state index contributed by atoms with van der Waals surface area (Å²) >= 11 is 0. The average Bonchev–Trinajstić information content (AvgIpc) is 2.95. The van der Waals surface area contributed by atoms with E-state index in [1.165, 1.54) is 0 Å². The van der Waals surface area contributed by atoms with E-state index in [-0.39, 0.29) is 25.9 Å². The van der Waals surface area contributed by atoms with Crippen LogP contribution in [0.3, 0.4) is 0 Å². The number of nitriles is 1. The van der Waals surface area contributed by atoms with E-state index < -0.39 is 0 Å². The van der Waals surface area contributed by atoms with Gasteiger partial charge in [-0.2, -0.15) is 5.26 Å². The molecule has 1 aliphatic rings. The Hall–Kier alpha value is -2.46. The van der Waals surface area contributed by atoms with E-state index >= 15 is 0 Å². The normalized spacial score (nSPS) is 11.8. The molecule has 0 aliphatic carbocycles. The van der Waals surface area contributed by atoms with E-state index in [2.05, 4.69) is 10.6 Å². The van der Waals surface area contributed by atoms with E-state index in [4.69, 9.17) is 19.5 Å². The highest BCUT2D eigenvalue weighted by molar-refractivity contribution is 5.77. The number of carbonyl (C=O) groups is 1. The molecule has 112 valence electrons. The van der Waals surface area contributed by atoms with Crippen LogP contribution in [0.25, 0.3) is 0 Å². The topological polar surface area (TPSA) is 92.6 Å². The van der Waals surface area contributed by atoms with Gasteiger partial charge in [-0.1, -0.05) is 6.92 Å². The maximum Gasteiger partial charge on any atom is 0.258 e. The lowest BCUT2D eigenvalue weighted by Gasteiger charge is -2.12. The molecular formula is C14H17N3O4. The molecule has 1 aromatic carbocycles. The van der Waals surface area contributed by atoms with Gasteiger partial charge in [-0.3, -0.25) is 4.79 Å². The molecule has 7 nitrogen and oxygen atoms in total. The highest BCUT2D eigenvalue weighted by Gasteiger charge is 2.18. The largest absolute Gasteiger partial charge is 0.483 e. The second-order valence-corrected chi connectivity index (χ2v) is 4.32. The van der Waals surface area contributed by atoms with E-state index in [0.29, 0.717) is 23.8 Å². The van der Waals surface area contributed by atoms with Crippen molar-refractivity contribution < 1.29 is 19.0 Å². The lowest BCUT2D eigenvalue weighted by Crippen LogP contribution is -2.29. The van der Waals surface area contributed by atoms with Gasteiger partial charge in [0.25, 0.3) is 5.91 Å². The number of hydrogen-bond acceptors (Lipinski definition) is 6. The second kappa shape index (κ2) is 7.36. The van der Waals surface area contributed by atoms with Gasteiger partial charge in [0.05, 0.1) is 6.07 Å². The van der Waals surface area contributed by atoms with Crippen LogP contribution in [-0.4, -0.2) is 32.4 Å². The van der Waals surface area contributed by atoms with E-state index in [0.717, 1.165) is 12.1 Å². The zero-order chi connectivity index (χ0) is 15.1. The Morgan fingerprint density at radius 1 is 1.43 bits per heavy atom. The fourth-order valence-corrected chi connectivity index (χ4v) is 1.83. The van der Waals surface area contributed by atoms with Gasteiger partial charge in [0.2, 0.25) is 6.79 Å². The van der Waals surface area contributed by atoms with E-state index in [1.807, 2.05) is 19.1 Å². The molecule has 0 unspecified atom stereocenters. The molecule has 1 aromatic rings. The molecular weight excluding hydrogens is 274 g/mol. The predicted molar refractivity (Wildman–Crippen MR) is 74.1 cm³/mol. The van der Waals surface area contributed by atoms with Crippen molar-refractivity contribution in [1.29, 1.82) is 5.26 Å². The summed E-state index contributed by atoms with van der Waals surface area (Å²) in [5, 5.41) is 14.0. The number of hydrogen-bond donors (Lipinski definition) is 2. The number of ether oxygens (including phenoxy) is 3. The highest BCUT2D eigenvalue weighted by Crippen LogP contribution is 2.38. The minimum Gasteiger partial charge on any atom is -0.483 e. The third-order valence-electron chi connectivity index (χ3n) is 2.84. The Bertz CT molecular complexity index is 554. The zero-order valence-electron chi connectivity index (χ0n) is 11.8. The SMILES string of the molecule is CCNCc1cc2c(cc1OCC(=O)NCC#N)OCO2. The summed E-state index contributed by atoms with van der Waals surface area (Å²) < 4.78 is 16.2. The first-order valence-electron chi connectivity index (χ1n) is 6.64. The van der Waals surface area contributed by atoms with Gasteiger partial charge in [0.1, 0.15) is 12.3 Å². The fraction of sp³-hybridized carbons (Fsp3) is 0.429. The summed E-state index contributed by atoms with van der Waals surface area (Å²) in [5.41, 5.74) is 0.884. The smallest absolute Gasteiger partial charge is 0.258 e. The first-order chi connectivity index (χ1) is 10.2. The van der Waals surface area contributed by atoms with Gasteiger partial charge in [-0.15, -0.1) is 0 Å². The summed E-state index contributed by atoms with van der Waals surface area (Å²) in [6.07, 6.45) is 0. The van der Waals surface area contributed by atoms with Gasteiger partial charge in [-0.25, -0.2) is 0 Å². The van der Waals surface area contributed by atoms with Gasteiger partial charge >= 0.3 is 0 Å². The van der Waals surface area contributed by atoms with Gasteiger partial charge in [-0.05, 0) is 12.6 Å². The second-order valence-electron chi connectivity index (χ2n) is 4.32. The molecule has 0 saturated carbocycles. The van der Waals surface area contributed by atoms with Crippen LogP contribution < -0.4 is 24.8 Å². The number of carbonyl (C=O) groups excluding carboxylic acids is 1. The molecule has 0 aromatic heterocycles. The van der Waals surface area contributed by atoms with Gasteiger partial charge in [0, 0.05) is 18.2 Å². The molecule has 0 atom stereocenters. The molecule has 21 heavy (non-hydrogen) atoms. The van der Waals surface area contributed by atoms with Crippen molar-refractivity contribution in [3.8, 4) is 23.3 Å². The van der Waals surface area contributed by atoms with Crippen LogP contribution in [0.1, 0.15) is 12.5 Å². The molecule has 2 rings (SSSR count). The fourth-order valence-electron chi connectivity index (χ4n) is 1.83. The summed E-state index contributed by atoms with van der Waals surface area (Å²) in [7, 11) is 0. The van der Waals surface area contributed by atoms with Crippen molar-refractivity contribution in [2.24, 2.45) is 0 Å². The van der Waals surface area contributed by atoms with Gasteiger partial charge in [0.15, 0.2) is 18.1 Å². The van der Waals surface area contributed by atoms with Crippen molar-refractivity contribution in [3.05, 3.63) is 17.7 Å². The van der Waals surface area contributed by atoms with Crippen LogP contribution in [-0.2, 0) is 11.3 Å². The third-order valence-corrected chi connectivity index (χ3v) is 2.84. The lowest BCUT2D eigenvalue weighted by molar-refractivity contribution is -0.122.